The number of hydrazine groups is 1. The average Bonchev–Trinajstić information content (AvgIpc) is 3.02. The van der Waals surface area contributed by atoms with Crippen LogP contribution in [0.2, 0.25) is 0 Å². The first kappa shape index (κ1) is 19.1. The van der Waals surface area contributed by atoms with Gasteiger partial charge in [0.1, 0.15) is 17.7 Å². The van der Waals surface area contributed by atoms with Crippen LogP contribution in [0.5, 0.6) is 0 Å². The van der Waals surface area contributed by atoms with E-state index in [1.54, 1.807) is 42.3 Å². The number of dihydropyridines is 1. The second-order valence-corrected chi connectivity index (χ2v) is 6.85. The number of nitrogens with zero attached hydrogens (tertiary/aromatic N) is 1. The summed E-state index contributed by atoms with van der Waals surface area (Å²) in [4.78, 5) is 12.6. The minimum atomic E-state index is -4.46. The predicted molar refractivity (Wildman–Crippen MR) is 101 cm³/mol. The van der Waals surface area contributed by atoms with E-state index in [0.29, 0.717) is 23.8 Å². The van der Waals surface area contributed by atoms with Gasteiger partial charge in [-0.15, -0.1) is 0 Å². The number of carbonyl (C=O) groups excluding carboxylic acids is 1. The molecule has 2 unspecified atom stereocenters. The molecule has 0 fully saturated rings. The highest BCUT2D eigenvalue weighted by molar-refractivity contribution is 5.94. The van der Waals surface area contributed by atoms with Crippen molar-refractivity contribution in [3.05, 3.63) is 83.0 Å². The molecular formula is C20H20F3N5O. The van der Waals surface area contributed by atoms with Crippen LogP contribution in [-0.2, 0) is 11.0 Å². The topological polar surface area (TPSA) is 68.4 Å². The first-order valence-electron chi connectivity index (χ1n) is 9.14. The van der Waals surface area contributed by atoms with Crippen molar-refractivity contribution in [2.75, 3.05) is 6.54 Å². The van der Waals surface area contributed by atoms with Gasteiger partial charge >= 0.3 is 6.18 Å². The molecule has 0 aromatic heterocycles. The van der Waals surface area contributed by atoms with E-state index in [9.17, 15) is 18.0 Å². The van der Waals surface area contributed by atoms with Gasteiger partial charge in [0.25, 0.3) is 5.91 Å². The fourth-order valence-electron chi connectivity index (χ4n) is 3.51. The summed E-state index contributed by atoms with van der Waals surface area (Å²) in [5.41, 5.74) is 3.64. The number of fused-ring (bicyclic) bond motifs is 1. The van der Waals surface area contributed by atoms with Crippen molar-refractivity contribution in [3.63, 3.8) is 0 Å². The summed E-state index contributed by atoms with van der Waals surface area (Å²) in [5, 5.41) is 10.7. The van der Waals surface area contributed by atoms with Crippen LogP contribution in [-0.4, -0.2) is 23.6 Å². The highest BCUT2D eigenvalue weighted by Gasteiger charge is 2.38. The van der Waals surface area contributed by atoms with E-state index in [1.165, 1.54) is 12.1 Å². The molecule has 0 saturated heterocycles. The third-order valence-electron chi connectivity index (χ3n) is 4.89. The van der Waals surface area contributed by atoms with E-state index in [4.69, 9.17) is 0 Å². The Morgan fingerprint density at radius 3 is 2.76 bits per heavy atom. The predicted octanol–water partition coefficient (Wildman–Crippen LogP) is 2.40. The maximum atomic E-state index is 13.4. The molecule has 4 N–H and O–H groups in total. The SMILES string of the molecule is CC1=C(NC(=O)C2=CC=CCN2)N2NC(c3ccccc3C(F)(F)F)C=CC2N1. The van der Waals surface area contributed by atoms with E-state index < -0.39 is 17.8 Å². The number of carbonyl (C=O) groups is 1. The van der Waals surface area contributed by atoms with Gasteiger partial charge < -0.3 is 16.0 Å². The standard InChI is InChI=1S/C20H20F3N5O/c1-12-18(26-19(29)16-8-4-5-11-24-16)28-17(25-12)10-9-15(27-28)13-6-2-3-7-14(13)20(21,22)23/h2-10,15,17,24-25,27H,11H2,1H3,(H,26,29). The van der Waals surface area contributed by atoms with Crippen LogP contribution in [0.1, 0.15) is 24.1 Å². The zero-order valence-corrected chi connectivity index (χ0v) is 15.5. The van der Waals surface area contributed by atoms with Crippen LogP contribution in [0.3, 0.4) is 0 Å². The van der Waals surface area contributed by atoms with Crippen molar-refractivity contribution in [2.45, 2.75) is 25.3 Å². The van der Waals surface area contributed by atoms with E-state index in [-0.39, 0.29) is 17.6 Å². The van der Waals surface area contributed by atoms with Crippen LogP contribution in [0, 0.1) is 0 Å². The number of amides is 1. The summed E-state index contributed by atoms with van der Waals surface area (Å²) in [6.45, 7) is 2.35. The third-order valence-corrected chi connectivity index (χ3v) is 4.89. The Kier molecular flexibility index (Phi) is 4.83. The number of hydrogen-bond acceptors (Lipinski definition) is 5. The first-order chi connectivity index (χ1) is 13.8. The Hall–Kier alpha value is -3.20. The molecular weight excluding hydrogens is 383 g/mol. The quantitative estimate of drug-likeness (QED) is 0.584. The fourth-order valence-corrected chi connectivity index (χ4v) is 3.51. The molecule has 29 heavy (non-hydrogen) atoms. The van der Waals surface area contributed by atoms with Gasteiger partial charge in [-0.05, 0) is 30.7 Å². The summed E-state index contributed by atoms with van der Waals surface area (Å²) in [5.74, 6) is 0.144. The lowest BCUT2D eigenvalue weighted by Gasteiger charge is -2.35. The number of allylic oxidation sites excluding steroid dienone is 3. The molecule has 6 nitrogen and oxygen atoms in total. The van der Waals surface area contributed by atoms with Crippen molar-refractivity contribution in [3.8, 4) is 0 Å². The molecule has 0 aliphatic carbocycles. The van der Waals surface area contributed by atoms with Crippen molar-refractivity contribution in [1.82, 2.24) is 26.4 Å². The Morgan fingerprint density at radius 1 is 1.24 bits per heavy atom. The zero-order chi connectivity index (χ0) is 20.6. The van der Waals surface area contributed by atoms with Crippen LogP contribution < -0.4 is 21.4 Å². The summed E-state index contributed by atoms with van der Waals surface area (Å²) >= 11 is 0. The molecule has 0 radical (unpaired) electrons. The minimum absolute atomic E-state index is 0.117. The number of alkyl halides is 3. The molecule has 0 spiro atoms. The van der Waals surface area contributed by atoms with Crippen molar-refractivity contribution >= 4 is 5.91 Å². The van der Waals surface area contributed by atoms with E-state index in [1.807, 2.05) is 6.08 Å². The van der Waals surface area contributed by atoms with Crippen molar-refractivity contribution < 1.29 is 18.0 Å². The van der Waals surface area contributed by atoms with Crippen LogP contribution >= 0.6 is 0 Å². The molecule has 2 atom stereocenters. The molecule has 9 heteroatoms. The second-order valence-electron chi connectivity index (χ2n) is 6.85. The Labute approximate surface area is 165 Å². The van der Waals surface area contributed by atoms with Gasteiger partial charge in [-0.25, -0.2) is 5.43 Å². The van der Waals surface area contributed by atoms with Crippen LogP contribution in [0.25, 0.3) is 0 Å². The molecule has 152 valence electrons. The number of rotatable bonds is 3. The molecule has 4 rings (SSSR count). The average molecular weight is 403 g/mol. The molecule has 0 saturated carbocycles. The molecule has 1 aromatic carbocycles. The monoisotopic (exact) mass is 403 g/mol. The van der Waals surface area contributed by atoms with Gasteiger partial charge in [0.15, 0.2) is 0 Å². The molecule has 1 aromatic rings. The van der Waals surface area contributed by atoms with Gasteiger partial charge in [-0.1, -0.05) is 36.4 Å². The number of benzene rings is 1. The molecule has 3 heterocycles. The van der Waals surface area contributed by atoms with E-state index >= 15 is 0 Å². The van der Waals surface area contributed by atoms with Crippen LogP contribution in [0.4, 0.5) is 13.2 Å². The summed E-state index contributed by atoms with van der Waals surface area (Å²) in [6, 6.07) is 4.77. The molecule has 1 amide bonds. The lowest BCUT2D eigenvalue weighted by Crippen LogP contribution is -2.52. The van der Waals surface area contributed by atoms with Gasteiger partial charge in [-0.2, -0.15) is 13.2 Å². The fraction of sp³-hybridized carbons (Fsp3) is 0.250. The Morgan fingerprint density at radius 2 is 2.03 bits per heavy atom. The van der Waals surface area contributed by atoms with E-state index in [0.717, 1.165) is 6.07 Å². The van der Waals surface area contributed by atoms with Gasteiger partial charge in [0.05, 0.1) is 17.3 Å². The highest BCUT2D eigenvalue weighted by Crippen LogP contribution is 2.36. The van der Waals surface area contributed by atoms with Crippen LogP contribution in [0.15, 0.2) is 71.9 Å². The lowest BCUT2D eigenvalue weighted by atomic mass is 9.99. The Bertz CT molecular complexity index is 948. The molecule has 0 bridgehead atoms. The second kappa shape index (κ2) is 7.32. The first-order valence-corrected chi connectivity index (χ1v) is 9.14. The summed E-state index contributed by atoms with van der Waals surface area (Å²) in [7, 11) is 0. The highest BCUT2D eigenvalue weighted by atomic mass is 19.4. The molecule has 3 aliphatic heterocycles. The summed E-state index contributed by atoms with van der Waals surface area (Å²) < 4.78 is 40.3. The van der Waals surface area contributed by atoms with Gasteiger partial charge in [0.2, 0.25) is 0 Å². The normalized spacial score (nSPS) is 23.3. The maximum Gasteiger partial charge on any atom is 0.416 e. The summed E-state index contributed by atoms with van der Waals surface area (Å²) in [6.07, 6.45) is 4.03. The Balaban J connectivity index is 1.57. The minimum Gasteiger partial charge on any atom is -0.377 e. The van der Waals surface area contributed by atoms with Gasteiger partial charge in [0, 0.05) is 6.54 Å². The van der Waals surface area contributed by atoms with Gasteiger partial charge in [-0.3, -0.25) is 9.80 Å². The largest absolute Gasteiger partial charge is 0.416 e. The molecule has 3 aliphatic rings. The zero-order valence-electron chi connectivity index (χ0n) is 15.5. The number of nitrogens with one attached hydrogen (secondary N) is 4. The maximum absolute atomic E-state index is 13.4. The van der Waals surface area contributed by atoms with E-state index in [2.05, 4.69) is 21.4 Å². The van der Waals surface area contributed by atoms with Crippen molar-refractivity contribution in [1.29, 1.82) is 0 Å². The number of hydrogen-bond donors (Lipinski definition) is 4. The van der Waals surface area contributed by atoms with Crippen molar-refractivity contribution in [2.24, 2.45) is 0 Å². The lowest BCUT2D eigenvalue weighted by molar-refractivity contribution is -0.138. The smallest absolute Gasteiger partial charge is 0.377 e. The number of halogens is 3. The third kappa shape index (κ3) is 3.73.